The molecular weight excluding hydrogens is 416 g/mol. The van der Waals surface area contributed by atoms with Gasteiger partial charge in [0.25, 0.3) is 0 Å². The molecule has 7 nitrogen and oxygen atoms in total. The van der Waals surface area contributed by atoms with Gasteiger partial charge in [0.2, 0.25) is 5.91 Å². The predicted molar refractivity (Wildman–Crippen MR) is 128 cm³/mol. The van der Waals surface area contributed by atoms with Gasteiger partial charge >= 0.3 is 5.97 Å². The molecule has 33 heavy (non-hydrogen) atoms. The van der Waals surface area contributed by atoms with Crippen molar-refractivity contribution in [2.24, 2.45) is 5.92 Å². The third-order valence-corrected chi connectivity index (χ3v) is 5.96. The van der Waals surface area contributed by atoms with Gasteiger partial charge in [0.15, 0.2) is 0 Å². The van der Waals surface area contributed by atoms with Gasteiger partial charge in [-0.2, -0.15) is 0 Å². The number of imidazole rings is 1. The monoisotopic (exact) mass is 446 g/mol. The van der Waals surface area contributed by atoms with E-state index in [4.69, 9.17) is 4.74 Å². The Morgan fingerprint density at radius 1 is 1.06 bits per heavy atom. The van der Waals surface area contributed by atoms with Crippen molar-refractivity contribution in [1.29, 1.82) is 0 Å². The van der Waals surface area contributed by atoms with E-state index in [2.05, 4.69) is 38.1 Å². The van der Waals surface area contributed by atoms with Crippen LogP contribution in [0.15, 0.2) is 67.0 Å². The van der Waals surface area contributed by atoms with Gasteiger partial charge in [0.05, 0.1) is 18.7 Å². The molecule has 1 aliphatic heterocycles. The van der Waals surface area contributed by atoms with Gasteiger partial charge < -0.3 is 14.6 Å². The minimum absolute atomic E-state index is 0.0432. The molecule has 1 fully saturated rings. The smallest absolute Gasteiger partial charge is 0.338 e. The highest BCUT2D eigenvalue weighted by molar-refractivity contribution is 5.94. The summed E-state index contributed by atoms with van der Waals surface area (Å²) < 4.78 is 7.22. The van der Waals surface area contributed by atoms with E-state index in [1.54, 1.807) is 31.2 Å². The molecule has 172 valence electrons. The maximum atomic E-state index is 12.5. The first-order valence-electron chi connectivity index (χ1n) is 11.5. The molecule has 0 radical (unpaired) electrons. The van der Waals surface area contributed by atoms with Crippen LogP contribution in [-0.4, -0.2) is 52.6 Å². The van der Waals surface area contributed by atoms with E-state index in [1.165, 1.54) is 0 Å². The van der Waals surface area contributed by atoms with Crippen LogP contribution >= 0.6 is 0 Å². The number of aromatic nitrogens is 2. The van der Waals surface area contributed by atoms with Gasteiger partial charge in [-0.15, -0.1) is 0 Å². The highest BCUT2D eigenvalue weighted by Crippen LogP contribution is 2.23. The molecule has 7 heteroatoms. The number of amides is 1. The number of hydrogen-bond donors (Lipinski definition) is 1. The Kier molecular flexibility index (Phi) is 7.52. The highest BCUT2D eigenvalue weighted by Gasteiger charge is 2.22. The zero-order valence-electron chi connectivity index (χ0n) is 18.9. The van der Waals surface area contributed by atoms with Crippen molar-refractivity contribution < 1.29 is 14.3 Å². The number of carbonyl (C=O) groups excluding carboxylic acids is 2. The third kappa shape index (κ3) is 6.08. The average molecular weight is 447 g/mol. The van der Waals surface area contributed by atoms with E-state index < -0.39 is 0 Å². The lowest BCUT2D eigenvalue weighted by Gasteiger charge is -2.31. The molecule has 2 aromatic carbocycles. The number of hydrogen-bond acceptors (Lipinski definition) is 5. The first-order valence-corrected chi connectivity index (χ1v) is 11.5. The first kappa shape index (κ1) is 22.7. The van der Waals surface area contributed by atoms with Crippen molar-refractivity contribution >= 4 is 17.6 Å². The fourth-order valence-electron chi connectivity index (χ4n) is 4.22. The Morgan fingerprint density at radius 3 is 2.48 bits per heavy atom. The molecule has 1 amide bonds. The molecule has 2 heterocycles. The molecule has 0 spiro atoms. The number of esters is 1. The Hall–Kier alpha value is -3.45. The Morgan fingerprint density at radius 2 is 1.79 bits per heavy atom. The SMILES string of the molecule is CCOC(=O)c1ccc(NC(=O)CN2CCC(Cn3ccnc3-c3ccccc3)CC2)cc1. The van der Waals surface area contributed by atoms with Crippen molar-refractivity contribution in [3.63, 3.8) is 0 Å². The van der Waals surface area contributed by atoms with Gasteiger partial charge in [-0.05, 0) is 63.0 Å². The van der Waals surface area contributed by atoms with Gasteiger partial charge in [0.1, 0.15) is 5.82 Å². The van der Waals surface area contributed by atoms with Crippen molar-refractivity contribution in [1.82, 2.24) is 14.5 Å². The predicted octanol–water partition coefficient (Wildman–Crippen LogP) is 4.08. The largest absolute Gasteiger partial charge is 0.462 e. The number of likely N-dealkylation sites (tertiary alicyclic amines) is 1. The molecule has 0 bridgehead atoms. The van der Waals surface area contributed by atoms with E-state index in [-0.39, 0.29) is 11.9 Å². The fraction of sp³-hybridized carbons (Fsp3) is 0.346. The highest BCUT2D eigenvalue weighted by atomic mass is 16.5. The average Bonchev–Trinajstić information content (AvgIpc) is 3.29. The summed E-state index contributed by atoms with van der Waals surface area (Å²) in [5, 5.41) is 2.92. The molecule has 1 aliphatic rings. The number of rotatable bonds is 8. The van der Waals surface area contributed by atoms with Crippen LogP contribution < -0.4 is 5.32 Å². The number of anilines is 1. The summed E-state index contributed by atoms with van der Waals surface area (Å²) in [7, 11) is 0. The van der Waals surface area contributed by atoms with Crippen LogP contribution in [0.2, 0.25) is 0 Å². The topological polar surface area (TPSA) is 76.5 Å². The van der Waals surface area contributed by atoms with Crippen molar-refractivity contribution in [2.45, 2.75) is 26.3 Å². The minimum Gasteiger partial charge on any atom is -0.462 e. The molecule has 0 unspecified atom stereocenters. The summed E-state index contributed by atoms with van der Waals surface area (Å²) in [6, 6.07) is 17.0. The first-order chi connectivity index (χ1) is 16.1. The van der Waals surface area contributed by atoms with Crippen LogP contribution in [0, 0.1) is 5.92 Å². The molecule has 3 aromatic rings. The standard InChI is InChI=1S/C26H30N4O3/c1-2-33-26(32)22-8-10-23(11-9-22)28-24(31)19-29-15-12-20(13-16-29)18-30-17-14-27-25(30)21-6-4-3-5-7-21/h3-11,14,17,20H,2,12-13,15-16,18-19H2,1H3,(H,28,31). The molecule has 1 N–H and O–H groups in total. The van der Waals surface area contributed by atoms with Gasteiger partial charge in [-0.25, -0.2) is 9.78 Å². The zero-order chi connectivity index (χ0) is 23.0. The van der Waals surface area contributed by atoms with Crippen LogP contribution in [0.25, 0.3) is 11.4 Å². The number of carbonyl (C=O) groups is 2. The molecule has 0 aliphatic carbocycles. The quantitative estimate of drug-likeness (QED) is 0.528. The molecule has 0 atom stereocenters. The van der Waals surface area contributed by atoms with Crippen LogP contribution in [-0.2, 0) is 16.1 Å². The lowest BCUT2D eigenvalue weighted by Crippen LogP contribution is -2.40. The molecule has 1 aromatic heterocycles. The number of piperidine rings is 1. The molecular formula is C26H30N4O3. The summed E-state index contributed by atoms with van der Waals surface area (Å²) in [6.45, 7) is 5.22. The van der Waals surface area contributed by atoms with Crippen LogP contribution in [0.5, 0.6) is 0 Å². The summed E-state index contributed by atoms with van der Waals surface area (Å²) in [6.07, 6.45) is 6.01. The second-order valence-corrected chi connectivity index (χ2v) is 8.33. The third-order valence-electron chi connectivity index (χ3n) is 5.96. The van der Waals surface area contributed by atoms with Crippen molar-refractivity contribution in [3.8, 4) is 11.4 Å². The second-order valence-electron chi connectivity index (χ2n) is 8.33. The number of ether oxygens (including phenoxy) is 1. The maximum absolute atomic E-state index is 12.5. The summed E-state index contributed by atoms with van der Waals surface area (Å²) in [5.41, 5.74) is 2.29. The number of benzene rings is 2. The van der Waals surface area contributed by atoms with E-state index in [0.717, 1.165) is 43.9 Å². The van der Waals surface area contributed by atoms with E-state index in [9.17, 15) is 9.59 Å². The zero-order valence-corrected chi connectivity index (χ0v) is 18.9. The number of nitrogens with zero attached hydrogens (tertiary/aromatic N) is 3. The van der Waals surface area contributed by atoms with Crippen LogP contribution in [0.1, 0.15) is 30.1 Å². The van der Waals surface area contributed by atoms with E-state index in [0.29, 0.717) is 30.3 Å². The summed E-state index contributed by atoms with van der Waals surface area (Å²) in [4.78, 5) is 31.0. The van der Waals surface area contributed by atoms with Crippen LogP contribution in [0.3, 0.4) is 0 Å². The fourth-order valence-corrected chi connectivity index (χ4v) is 4.22. The lowest BCUT2D eigenvalue weighted by molar-refractivity contribution is -0.117. The molecule has 1 saturated heterocycles. The Labute approximate surface area is 194 Å². The number of nitrogens with one attached hydrogen (secondary N) is 1. The normalized spacial score (nSPS) is 14.7. The Balaban J connectivity index is 1.23. The molecule has 0 saturated carbocycles. The Bertz CT molecular complexity index is 1050. The summed E-state index contributed by atoms with van der Waals surface area (Å²) >= 11 is 0. The van der Waals surface area contributed by atoms with Gasteiger partial charge in [-0.1, -0.05) is 30.3 Å². The van der Waals surface area contributed by atoms with E-state index in [1.807, 2.05) is 24.4 Å². The lowest BCUT2D eigenvalue weighted by atomic mass is 9.96. The van der Waals surface area contributed by atoms with Crippen molar-refractivity contribution in [3.05, 3.63) is 72.6 Å². The summed E-state index contributed by atoms with van der Waals surface area (Å²) in [5.74, 6) is 1.17. The maximum Gasteiger partial charge on any atom is 0.338 e. The van der Waals surface area contributed by atoms with Gasteiger partial charge in [0, 0.05) is 30.2 Å². The van der Waals surface area contributed by atoms with Crippen LogP contribution in [0.4, 0.5) is 5.69 Å². The van der Waals surface area contributed by atoms with Crippen molar-refractivity contribution in [2.75, 3.05) is 31.6 Å². The second kappa shape index (κ2) is 10.9. The molecule has 4 rings (SSSR count). The van der Waals surface area contributed by atoms with Gasteiger partial charge in [-0.3, -0.25) is 9.69 Å². The minimum atomic E-state index is -0.357. The van der Waals surface area contributed by atoms with E-state index >= 15 is 0 Å².